The molecule has 0 aromatic carbocycles. The summed E-state index contributed by atoms with van der Waals surface area (Å²) < 4.78 is 0. The summed E-state index contributed by atoms with van der Waals surface area (Å²) in [5, 5.41) is 0. The van der Waals surface area contributed by atoms with Crippen molar-refractivity contribution < 1.29 is 9.59 Å². The van der Waals surface area contributed by atoms with E-state index in [1.165, 1.54) is 0 Å². The molecule has 2 saturated heterocycles. The van der Waals surface area contributed by atoms with Crippen LogP contribution in [0.25, 0.3) is 0 Å². The number of hydrogen-bond donors (Lipinski definition) is 0. The second-order valence-corrected chi connectivity index (χ2v) is 10.1. The van der Waals surface area contributed by atoms with E-state index in [4.69, 9.17) is 0 Å². The lowest BCUT2D eigenvalue weighted by molar-refractivity contribution is -0.139. The van der Waals surface area contributed by atoms with Gasteiger partial charge >= 0.3 is 0 Å². The summed E-state index contributed by atoms with van der Waals surface area (Å²) in [7, 11) is 0. The number of carbonyl (C=O) groups excluding carboxylic acids is 2. The molecule has 0 unspecified atom stereocenters. The number of nitrogens with zero attached hydrogens (tertiary/aromatic N) is 2. The summed E-state index contributed by atoms with van der Waals surface area (Å²) in [5.74, 6) is 1.37. The van der Waals surface area contributed by atoms with Crippen LogP contribution in [0.2, 0.25) is 0 Å². The fourth-order valence-corrected chi connectivity index (χ4v) is 3.98. The van der Waals surface area contributed by atoms with Crippen molar-refractivity contribution in [3.8, 4) is 0 Å². The number of ketones is 1. The van der Waals surface area contributed by atoms with Crippen molar-refractivity contribution in [2.45, 2.75) is 79.2 Å². The van der Waals surface area contributed by atoms with Crippen LogP contribution in [0.5, 0.6) is 0 Å². The third-order valence-corrected chi connectivity index (χ3v) is 6.03. The number of carbonyl (C=O) groups is 2. The van der Waals surface area contributed by atoms with Crippen LogP contribution in [0.1, 0.15) is 73.6 Å². The van der Waals surface area contributed by atoms with Gasteiger partial charge in [0.1, 0.15) is 5.78 Å². The quantitative estimate of drug-likeness (QED) is 0.778. The van der Waals surface area contributed by atoms with Crippen LogP contribution in [0.4, 0.5) is 0 Å². The largest absolute Gasteiger partial charge is 0.342 e. The summed E-state index contributed by atoms with van der Waals surface area (Å²) in [6.07, 6.45) is 4.61. The first-order valence-electron chi connectivity index (χ1n) is 10.1. The van der Waals surface area contributed by atoms with Crippen LogP contribution in [-0.2, 0) is 9.59 Å². The highest BCUT2D eigenvalue weighted by Gasteiger charge is 2.34. The number of amides is 1. The van der Waals surface area contributed by atoms with Gasteiger partial charge in [0.25, 0.3) is 0 Å². The third kappa shape index (κ3) is 5.54. The average Bonchev–Trinajstić information content (AvgIpc) is 2.53. The summed E-state index contributed by atoms with van der Waals surface area (Å²) in [5.41, 5.74) is -0.0417. The normalized spacial score (nSPS) is 22.2. The summed E-state index contributed by atoms with van der Waals surface area (Å²) >= 11 is 0. The Labute approximate surface area is 154 Å². The predicted molar refractivity (Wildman–Crippen MR) is 102 cm³/mol. The molecule has 4 heteroatoms. The molecule has 1 amide bonds. The van der Waals surface area contributed by atoms with Crippen LogP contribution in [0, 0.1) is 17.3 Å². The summed E-state index contributed by atoms with van der Waals surface area (Å²) in [4.78, 5) is 29.6. The molecule has 0 atom stereocenters. The highest BCUT2D eigenvalue weighted by molar-refractivity contribution is 5.84. The molecule has 2 aliphatic heterocycles. The maximum Gasteiger partial charge on any atom is 0.225 e. The highest BCUT2D eigenvalue weighted by Crippen LogP contribution is 2.29. The molecule has 2 aliphatic rings. The molecule has 0 saturated carbocycles. The molecule has 0 bridgehead atoms. The molecule has 0 N–H and O–H groups in total. The van der Waals surface area contributed by atoms with Gasteiger partial charge in [-0.3, -0.25) is 14.5 Å². The Hall–Kier alpha value is -0.900. The lowest BCUT2D eigenvalue weighted by Gasteiger charge is -2.42. The predicted octanol–water partition coefficient (Wildman–Crippen LogP) is 3.74. The zero-order valence-corrected chi connectivity index (χ0v) is 17.2. The van der Waals surface area contributed by atoms with E-state index < -0.39 is 0 Å². The first kappa shape index (κ1) is 20.4. The van der Waals surface area contributed by atoms with Crippen molar-refractivity contribution in [3.05, 3.63) is 0 Å². The first-order valence-corrected chi connectivity index (χ1v) is 10.1. The minimum atomic E-state index is -0.242. The standard InChI is InChI=1S/C21H38N2O2/c1-20(2,3)18(24)15-16-7-11-22(12-8-16)19(25)17-9-13-23(14-10-17)21(4,5)6/h16-17H,7-15H2,1-6H3. The van der Waals surface area contributed by atoms with E-state index in [0.29, 0.717) is 24.0 Å². The molecule has 4 nitrogen and oxygen atoms in total. The van der Waals surface area contributed by atoms with Gasteiger partial charge in [0.15, 0.2) is 0 Å². The van der Waals surface area contributed by atoms with Crippen molar-refractivity contribution in [1.29, 1.82) is 0 Å². The van der Waals surface area contributed by atoms with Gasteiger partial charge in [0, 0.05) is 36.4 Å². The second-order valence-electron chi connectivity index (χ2n) is 10.1. The van der Waals surface area contributed by atoms with Crippen molar-refractivity contribution >= 4 is 11.7 Å². The van der Waals surface area contributed by atoms with Crippen molar-refractivity contribution in [2.24, 2.45) is 17.3 Å². The second kappa shape index (κ2) is 7.77. The number of rotatable bonds is 3. The lowest BCUT2D eigenvalue weighted by atomic mass is 9.82. The molecular formula is C21H38N2O2. The Bertz CT molecular complexity index is 471. The Morgan fingerprint density at radius 3 is 1.80 bits per heavy atom. The Balaban J connectivity index is 1.77. The fourth-order valence-electron chi connectivity index (χ4n) is 3.98. The molecule has 0 aromatic heterocycles. The number of piperidine rings is 2. The van der Waals surface area contributed by atoms with Gasteiger partial charge in [-0.15, -0.1) is 0 Å². The molecule has 0 spiro atoms. The van der Waals surface area contributed by atoms with Crippen molar-refractivity contribution in [2.75, 3.05) is 26.2 Å². The number of likely N-dealkylation sites (tertiary alicyclic amines) is 2. The lowest BCUT2D eigenvalue weighted by Crippen LogP contribution is -2.50. The van der Waals surface area contributed by atoms with E-state index >= 15 is 0 Å². The molecule has 2 rings (SSSR count). The van der Waals surface area contributed by atoms with Gasteiger partial charge in [0.05, 0.1) is 0 Å². The minimum absolute atomic E-state index is 0.200. The van der Waals surface area contributed by atoms with E-state index in [1.807, 2.05) is 20.8 Å². The van der Waals surface area contributed by atoms with E-state index in [2.05, 4.69) is 30.6 Å². The summed E-state index contributed by atoms with van der Waals surface area (Å²) in [6, 6.07) is 0. The van der Waals surface area contributed by atoms with Gasteiger partial charge in [0.2, 0.25) is 5.91 Å². The van der Waals surface area contributed by atoms with Crippen LogP contribution < -0.4 is 0 Å². The van der Waals surface area contributed by atoms with Crippen LogP contribution in [0.15, 0.2) is 0 Å². The molecule has 2 fully saturated rings. The third-order valence-electron chi connectivity index (χ3n) is 6.03. The number of Topliss-reactive ketones (excluding diaryl/α,β-unsaturated/α-hetero) is 1. The monoisotopic (exact) mass is 350 g/mol. The zero-order valence-electron chi connectivity index (χ0n) is 17.2. The molecule has 0 aliphatic carbocycles. The Morgan fingerprint density at radius 1 is 0.840 bits per heavy atom. The van der Waals surface area contributed by atoms with Gasteiger partial charge in [-0.2, -0.15) is 0 Å². The van der Waals surface area contributed by atoms with Gasteiger partial charge in [-0.05, 0) is 65.5 Å². The Kier molecular flexibility index (Phi) is 6.35. The van der Waals surface area contributed by atoms with E-state index in [-0.39, 0.29) is 16.9 Å². The Morgan fingerprint density at radius 2 is 1.36 bits per heavy atom. The maximum atomic E-state index is 12.8. The van der Waals surface area contributed by atoms with E-state index in [0.717, 1.165) is 51.9 Å². The van der Waals surface area contributed by atoms with Crippen molar-refractivity contribution in [1.82, 2.24) is 9.80 Å². The molecule has 25 heavy (non-hydrogen) atoms. The van der Waals surface area contributed by atoms with E-state index in [1.54, 1.807) is 0 Å². The van der Waals surface area contributed by atoms with Crippen molar-refractivity contribution in [3.63, 3.8) is 0 Å². The average molecular weight is 351 g/mol. The smallest absolute Gasteiger partial charge is 0.225 e. The topological polar surface area (TPSA) is 40.6 Å². The maximum absolute atomic E-state index is 12.8. The number of hydrogen-bond acceptors (Lipinski definition) is 3. The molecule has 0 radical (unpaired) electrons. The fraction of sp³-hybridized carbons (Fsp3) is 0.905. The first-order chi connectivity index (χ1) is 11.5. The molecule has 2 heterocycles. The minimum Gasteiger partial charge on any atom is -0.342 e. The molecular weight excluding hydrogens is 312 g/mol. The van der Waals surface area contributed by atoms with Crippen LogP contribution >= 0.6 is 0 Å². The van der Waals surface area contributed by atoms with Crippen LogP contribution in [0.3, 0.4) is 0 Å². The van der Waals surface area contributed by atoms with Gasteiger partial charge in [-0.1, -0.05) is 20.8 Å². The molecule has 0 aromatic rings. The SMILES string of the molecule is CC(C)(C)C(=O)CC1CCN(C(=O)C2CCN(C(C)(C)C)CC2)CC1. The van der Waals surface area contributed by atoms with Crippen LogP contribution in [-0.4, -0.2) is 53.2 Å². The summed E-state index contributed by atoms with van der Waals surface area (Å²) in [6.45, 7) is 16.5. The molecule has 144 valence electrons. The van der Waals surface area contributed by atoms with Gasteiger partial charge < -0.3 is 4.90 Å². The van der Waals surface area contributed by atoms with Gasteiger partial charge in [-0.25, -0.2) is 0 Å². The van der Waals surface area contributed by atoms with E-state index in [9.17, 15) is 9.59 Å². The zero-order chi connectivity index (χ0) is 18.8. The highest BCUT2D eigenvalue weighted by atomic mass is 16.2.